The van der Waals surface area contributed by atoms with Crippen LogP contribution in [0.2, 0.25) is 0 Å². The third kappa shape index (κ3) is 11.2. The largest absolute Gasteiger partial charge is 0.489 e. The maximum absolute atomic E-state index is 14.5. The van der Waals surface area contributed by atoms with Gasteiger partial charge in [-0.3, -0.25) is 0 Å². The van der Waals surface area contributed by atoms with E-state index in [1.54, 1.807) is 0 Å². The number of esters is 1. The van der Waals surface area contributed by atoms with Gasteiger partial charge in [-0.2, -0.15) is 0 Å². The highest BCUT2D eigenvalue weighted by molar-refractivity contribution is 5.89. The van der Waals surface area contributed by atoms with Crippen LogP contribution >= 0.6 is 0 Å². The molecule has 0 N–H and O–H groups in total. The van der Waals surface area contributed by atoms with Crippen LogP contribution in [0.25, 0.3) is 0 Å². The molecule has 0 aromatic heterocycles. The Morgan fingerprint density at radius 1 is 0.485 bits per heavy atom. The number of rotatable bonds is 18. The molecule has 0 bridgehead atoms. The van der Waals surface area contributed by atoms with Crippen LogP contribution in [0.5, 0.6) is 34.5 Å². The second-order valence-electron chi connectivity index (χ2n) is 15.8. The van der Waals surface area contributed by atoms with Crippen LogP contribution in [-0.2, 0) is 44.2 Å². The van der Waals surface area contributed by atoms with E-state index in [4.69, 9.17) is 33.2 Å². The molecule has 9 heteroatoms. The van der Waals surface area contributed by atoms with Gasteiger partial charge in [0.25, 0.3) is 0 Å². The molecule has 0 fully saturated rings. The fourth-order valence-corrected chi connectivity index (χ4v) is 7.64. The Labute approximate surface area is 383 Å². The molecular formula is C57H47FO8. The molecular weight excluding hydrogens is 832 g/mol. The first-order valence-corrected chi connectivity index (χ1v) is 21.8. The third-order valence-corrected chi connectivity index (χ3v) is 11.0. The topological polar surface area (TPSA) is 81.7 Å². The molecule has 0 saturated heterocycles. The minimum Gasteiger partial charge on any atom is -0.489 e. The lowest BCUT2D eigenvalue weighted by Gasteiger charge is -2.35. The van der Waals surface area contributed by atoms with Crippen LogP contribution in [0.3, 0.4) is 0 Å². The fraction of sp³-hybridized carbons (Fsp3) is 0.140. The van der Waals surface area contributed by atoms with Crippen molar-refractivity contribution < 1.29 is 42.3 Å². The second-order valence-corrected chi connectivity index (χ2v) is 15.8. The molecule has 0 aliphatic carbocycles. The Morgan fingerprint density at radius 3 is 1.42 bits per heavy atom. The average molecular weight is 879 g/mol. The molecule has 0 amide bonds. The molecule has 1 aliphatic rings. The predicted octanol–water partition coefficient (Wildman–Crippen LogP) is 12.6. The van der Waals surface area contributed by atoms with E-state index >= 15 is 0 Å². The lowest BCUT2D eigenvalue weighted by molar-refractivity contribution is -0.0191. The number of carbonyl (C=O) groups excluding carboxylic acids is 1. The highest BCUT2D eigenvalue weighted by atomic mass is 19.1. The summed E-state index contributed by atoms with van der Waals surface area (Å²) in [5.74, 6) is 1.43. The van der Waals surface area contributed by atoms with Crippen LogP contribution in [0.1, 0.15) is 55.4 Å². The maximum Gasteiger partial charge on any atom is 0.338 e. The van der Waals surface area contributed by atoms with Crippen molar-refractivity contribution in [2.45, 2.75) is 51.7 Å². The van der Waals surface area contributed by atoms with Crippen molar-refractivity contribution in [2.24, 2.45) is 0 Å². The lowest BCUT2D eigenvalue weighted by Crippen LogP contribution is -2.35. The normalized spacial score (nSPS) is 14.0. The summed E-state index contributed by atoms with van der Waals surface area (Å²) in [6.45, 7) is 1.26. The van der Waals surface area contributed by atoms with Gasteiger partial charge in [-0.15, -0.1) is 0 Å². The van der Waals surface area contributed by atoms with E-state index in [0.717, 1.165) is 33.9 Å². The van der Waals surface area contributed by atoms with Gasteiger partial charge in [-0.1, -0.05) is 158 Å². The number of ether oxygens (including phenoxy) is 7. The Morgan fingerprint density at radius 2 is 0.939 bits per heavy atom. The summed E-state index contributed by atoms with van der Waals surface area (Å²) in [6, 6.07) is 62.0. The van der Waals surface area contributed by atoms with E-state index < -0.39 is 24.0 Å². The van der Waals surface area contributed by atoms with Crippen LogP contribution in [0.15, 0.2) is 200 Å². The minimum absolute atomic E-state index is 0.0631. The van der Waals surface area contributed by atoms with Crippen LogP contribution < -0.4 is 28.4 Å². The molecule has 2 atom stereocenters. The van der Waals surface area contributed by atoms with Crippen LogP contribution in [-0.4, -0.2) is 12.1 Å². The summed E-state index contributed by atoms with van der Waals surface area (Å²) in [5, 5.41) is 0. The zero-order chi connectivity index (χ0) is 44.9. The highest BCUT2D eigenvalue weighted by Crippen LogP contribution is 2.48. The summed E-state index contributed by atoms with van der Waals surface area (Å²) in [6.07, 6.45) is -1.69. The van der Waals surface area contributed by atoms with Gasteiger partial charge in [-0.25, -0.2) is 9.18 Å². The van der Waals surface area contributed by atoms with E-state index in [0.29, 0.717) is 52.2 Å². The molecule has 1 aliphatic heterocycles. The molecule has 8 aromatic carbocycles. The summed E-state index contributed by atoms with van der Waals surface area (Å²) in [4.78, 5) is 14.0. The smallest absolute Gasteiger partial charge is 0.338 e. The second kappa shape index (κ2) is 21.1. The van der Waals surface area contributed by atoms with Crippen molar-refractivity contribution in [1.82, 2.24) is 0 Å². The van der Waals surface area contributed by atoms with Crippen LogP contribution in [0.4, 0.5) is 4.39 Å². The van der Waals surface area contributed by atoms with Crippen molar-refractivity contribution in [3.8, 4) is 34.5 Å². The molecule has 0 spiro atoms. The van der Waals surface area contributed by atoms with Crippen molar-refractivity contribution in [2.75, 3.05) is 0 Å². The summed E-state index contributed by atoms with van der Waals surface area (Å²) < 4.78 is 60.7. The first kappa shape index (κ1) is 43.2. The van der Waals surface area contributed by atoms with E-state index in [1.807, 2.05) is 176 Å². The van der Waals surface area contributed by atoms with Crippen molar-refractivity contribution >= 4 is 5.97 Å². The minimum atomic E-state index is -0.941. The van der Waals surface area contributed by atoms with Crippen molar-refractivity contribution in [1.29, 1.82) is 0 Å². The first-order chi connectivity index (χ1) is 32.5. The fourth-order valence-electron chi connectivity index (χ4n) is 7.64. The SMILES string of the molecule is O=C(O[C@@H]1Cc2c(OCc3ccccc3)cc(OCc3ccccc3)cc2O[C@@H]1c1cc(OCc2ccccc2)c(OCc2ccccc2)c(OCc2ccccc2)c1)c1cccc(F)c1. The van der Waals surface area contributed by atoms with Gasteiger partial charge in [0.15, 0.2) is 17.6 Å². The molecule has 66 heavy (non-hydrogen) atoms. The Bertz CT molecular complexity index is 2760. The van der Waals surface area contributed by atoms with E-state index in [-0.39, 0.29) is 38.4 Å². The number of hydrogen-bond acceptors (Lipinski definition) is 8. The van der Waals surface area contributed by atoms with Crippen molar-refractivity contribution in [3.05, 3.63) is 251 Å². The summed E-state index contributed by atoms with van der Waals surface area (Å²) in [7, 11) is 0. The predicted molar refractivity (Wildman–Crippen MR) is 249 cm³/mol. The molecule has 1 heterocycles. The Kier molecular flexibility index (Phi) is 13.8. The maximum atomic E-state index is 14.5. The first-order valence-electron chi connectivity index (χ1n) is 21.8. The molecule has 8 nitrogen and oxygen atoms in total. The number of hydrogen-bond donors (Lipinski definition) is 0. The van der Waals surface area contributed by atoms with Gasteiger partial charge >= 0.3 is 5.97 Å². The van der Waals surface area contributed by atoms with Gasteiger partial charge in [-0.05, 0) is 58.1 Å². The third-order valence-electron chi connectivity index (χ3n) is 11.0. The van der Waals surface area contributed by atoms with E-state index in [1.165, 1.54) is 18.2 Å². The number of fused-ring (bicyclic) bond motifs is 1. The van der Waals surface area contributed by atoms with E-state index in [9.17, 15) is 9.18 Å². The highest BCUT2D eigenvalue weighted by Gasteiger charge is 2.38. The number of carbonyl (C=O) groups is 1. The zero-order valence-corrected chi connectivity index (χ0v) is 36.1. The quantitative estimate of drug-likeness (QED) is 0.0789. The number of halogens is 1. The molecule has 330 valence electrons. The van der Waals surface area contributed by atoms with Gasteiger partial charge < -0.3 is 33.2 Å². The molecule has 0 radical (unpaired) electrons. The van der Waals surface area contributed by atoms with Gasteiger partial charge in [0.2, 0.25) is 5.75 Å². The van der Waals surface area contributed by atoms with Gasteiger partial charge in [0.05, 0.1) is 5.56 Å². The number of benzene rings is 8. The van der Waals surface area contributed by atoms with E-state index in [2.05, 4.69) is 0 Å². The average Bonchev–Trinajstić information content (AvgIpc) is 3.37. The molecule has 0 saturated carbocycles. The molecule has 9 rings (SSSR count). The lowest BCUT2D eigenvalue weighted by atomic mass is 9.93. The Balaban J connectivity index is 1.14. The van der Waals surface area contributed by atoms with Gasteiger partial charge in [0.1, 0.15) is 62.2 Å². The zero-order valence-electron chi connectivity index (χ0n) is 36.1. The monoisotopic (exact) mass is 878 g/mol. The Hall–Kier alpha value is -8.04. The van der Waals surface area contributed by atoms with Crippen LogP contribution in [0, 0.1) is 5.82 Å². The standard InChI is InChI=1S/C57H47FO8/c58-47-28-16-27-45(29-47)57(59)66-54-34-49-50(61-36-41-19-8-2-9-20-41)32-48(60-35-40-17-6-1-7-18-40)33-51(49)65-55(54)46-30-52(62-37-42-21-10-3-11-22-42)56(64-39-44-25-14-5-15-26-44)53(31-46)63-38-43-23-12-4-13-24-43/h1-33,54-55H,34-39H2/t54-,55-/m1/s1. The summed E-state index contributed by atoms with van der Waals surface area (Å²) >= 11 is 0. The molecule has 8 aromatic rings. The van der Waals surface area contributed by atoms with Crippen molar-refractivity contribution in [3.63, 3.8) is 0 Å². The summed E-state index contributed by atoms with van der Waals surface area (Å²) in [5.41, 5.74) is 6.12. The molecule has 0 unspecified atom stereocenters. The van der Waals surface area contributed by atoms with Gasteiger partial charge in [0, 0.05) is 29.7 Å².